The molecule has 16 heavy (non-hydrogen) atoms. The van der Waals surface area contributed by atoms with Crippen LogP contribution in [-0.4, -0.2) is 30.6 Å². The van der Waals surface area contributed by atoms with Gasteiger partial charge in [0.15, 0.2) is 0 Å². The minimum Gasteiger partial charge on any atom is -0.478 e. The van der Waals surface area contributed by atoms with E-state index in [2.05, 4.69) is 0 Å². The summed E-state index contributed by atoms with van der Waals surface area (Å²) in [5.74, 6) is -1.08. The van der Waals surface area contributed by atoms with E-state index in [-0.39, 0.29) is 17.9 Å². The molecule has 86 valence electrons. The number of carboxylic acid groups (broad SMARTS) is 1. The Kier molecular flexibility index (Phi) is 4.02. The summed E-state index contributed by atoms with van der Waals surface area (Å²) in [6, 6.07) is 6.11. The summed E-state index contributed by atoms with van der Waals surface area (Å²) < 4.78 is 0. The smallest absolute Gasteiger partial charge is 0.335 e. The average Bonchev–Trinajstić information content (AvgIpc) is 2.28. The Balaban J connectivity index is 2.81. The van der Waals surface area contributed by atoms with E-state index >= 15 is 0 Å². The second kappa shape index (κ2) is 5.27. The number of anilines is 1. The minimum absolute atomic E-state index is 0.0921. The summed E-state index contributed by atoms with van der Waals surface area (Å²) in [4.78, 5) is 23.6. The van der Waals surface area contributed by atoms with Gasteiger partial charge in [0.1, 0.15) is 0 Å². The Morgan fingerprint density at radius 2 is 1.88 bits per heavy atom. The number of rotatable bonds is 4. The van der Waals surface area contributed by atoms with Crippen molar-refractivity contribution in [2.45, 2.75) is 6.42 Å². The van der Waals surface area contributed by atoms with Crippen LogP contribution in [0.2, 0.25) is 0 Å². The lowest BCUT2D eigenvalue weighted by molar-refractivity contribution is -0.118. The first-order chi connectivity index (χ1) is 7.56. The normalized spacial score (nSPS) is 9.88. The van der Waals surface area contributed by atoms with Crippen LogP contribution in [0.4, 0.5) is 5.69 Å². The van der Waals surface area contributed by atoms with Gasteiger partial charge in [-0.15, -0.1) is 0 Å². The summed E-state index contributed by atoms with van der Waals surface area (Å²) >= 11 is 0. The molecule has 0 aliphatic rings. The number of hydrogen-bond donors (Lipinski definition) is 2. The summed E-state index contributed by atoms with van der Waals surface area (Å²) in [5.41, 5.74) is 6.14. The summed E-state index contributed by atoms with van der Waals surface area (Å²) in [6.45, 7) is 0.302. The zero-order valence-electron chi connectivity index (χ0n) is 9.01. The van der Waals surface area contributed by atoms with Crippen molar-refractivity contribution in [1.82, 2.24) is 0 Å². The standard InChI is InChI=1S/C11H14N2O3/c1-13(10(14)6-7-12)9-4-2-8(3-5-9)11(15)16/h2-5H,6-7,12H2,1H3,(H,15,16). The Hall–Kier alpha value is -1.88. The van der Waals surface area contributed by atoms with Crippen molar-refractivity contribution < 1.29 is 14.7 Å². The largest absolute Gasteiger partial charge is 0.478 e. The molecule has 0 radical (unpaired) electrons. The molecule has 5 heteroatoms. The van der Waals surface area contributed by atoms with Gasteiger partial charge in [-0.05, 0) is 24.3 Å². The van der Waals surface area contributed by atoms with Gasteiger partial charge in [-0.2, -0.15) is 0 Å². The van der Waals surface area contributed by atoms with E-state index in [1.165, 1.54) is 17.0 Å². The molecule has 1 rings (SSSR count). The molecule has 1 aromatic rings. The molecule has 0 unspecified atom stereocenters. The molecular weight excluding hydrogens is 208 g/mol. The molecule has 0 bridgehead atoms. The molecule has 0 saturated heterocycles. The third-order valence-electron chi connectivity index (χ3n) is 2.23. The van der Waals surface area contributed by atoms with Gasteiger partial charge in [-0.1, -0.05) is 0 Å². The molecule has 5 nitrogen and oxygen atoms in total. The number of carboxylic acids is 1. The first kappa shape index (κ1) is 12.2. The fourth-order valence-electron chi connectivity index (χ4n) is 1.26. The lowest BCUT2D eigenvalue weighted by Gasteiger charge is -2.16. The van der Waals surface area contributed by atoms with Crippen LogP contribution in [0.3, 0.4) is 0 Å². The average molecular weight is 222 g/mol. The van der Waals surface area contributed by atoms with Gasteiger partial charge >= 0.3 is 5.97 Å². The van der Waals surface area contributed by atoms with E-state index < -0.39 is 5.97 Å². The van der Waals surface area contributed by atoms with E-state index in [1.807, 2.05) is 0 Å². The number of carbonyl (C=O) groups excluding carboxylic acids is 1. The minimum atomic E-state index is -0.984. The first-order valence-corrected chi connectivity index (χ1v) is 4.86. The van der Waals surface area contributed by atoms with Gasteiger partial charge in [0.05, 0.1) is 5.56 Å². The van der Waals surface area contributed by atoms with E-state index in [9.17, 15) is 9.59 Å². The van der Waals surface area contributed by atoms with Gasteiger partial charge in [-0.3, -0.25) is 4.79 Å². The zero-order chi connectivity index (χ0) is 12.1. The van der Waals surface area contributed by atoms with Crippen LogP contribution in [0, 0.1) is 0 Å². The van der Waals surface area contributed by atoms with Crippen LogP contribution >= 0.6 is 0 Å². The third-order valence-corrected chi connectivity index (χ3v) is 2.23. The molecule has 0 fully saturated rings. The number of nitrogens with zero attached hydrogens (tertiary/aromatic N) is 1. The Morgan fingerprint density at radius 3 is 2.31 bits per heavy atom. The number of nitrogens with two attached hydrogens (primary N) is 1. The SMILES string of the molecule is CN(C(=O)CCN)c1ccc(C(=O)O)cc1. The molecule has 0 atom stereocenters. The summed E-state index contributed by atoms with van der Waals surface area (Å²) in [7, 11) is 1.63. The zero-order valence-corrected chi connectivity index (χ0v) is 9.01. The first-order valence-electron chi connectivity index (χ1n) is 4.86. The maximum atomic E-state index is 11.5. The van der Waals surface area contributed by atoms with Crippen molar-refractivity contribution in [2.24, 2.45) is 5.73 Å². The van der Waals surface area contributed by atoms with Crippen molar-refractivity contribution in [1.29, 1.82) is 0 Å². The highest BCUT2D eigenvalue weighted by Crippen LogP contribution is 2.14. The highest BCUT2D eigenvalue weighted by molar-refractivity contribution is 5.94. The van der Waals surface area contributed by atoms with Crippen molar-refractivity contribution in [3.63, 3.8) is 0 Å². The van der Waals surface area contributed by atoms with Gasteiger partial charge < -0.3 is 15.7 Å². The number of carbonyl (C=O) groups is 2. The van der Waals surface area contributed by atoms with Crippen LogP contribution in [0.1, 0.15) is 16.8 Å². The number of amides is 1. The third kappa shape index (κ3) is 2.80. The van der Waals surface area contributed by atoms with Crippen LogP contribution < -0.4 is 10.6 Å². The highest BCUT2D eigenvalue weighted by atomic mass is 16.4. The molecule has 0 saturated carbocycles. The van der Waals surface area contributed by atoms with Crippen molar-refractivity contribution in [2.75, 3.05) is 18.5 Å². The topological polar surface area (TPSA) is 83.6 Å². The van der Waals surface area contributed by atoms with Crippen LogP contribution in [0.25, 0.3) is 0 Å². The molecule has 0 heterocycles. The Morgan fingerprint density at radius 1 is 1.31 bits per heavy atom. The lowest BCUT2D eigenvalue weighted by Crippen LogP contribution is -2.28. The molecule has 1 aromatic carbocycles. The Bertz CT molecular complexity index is 387. The predicted octanol–water partition coefficient (Wildman–Crippen LogP) is 0.696. The highest BCUT2D eigenvalue weighted by Gasteiger charge is 2.10. The number of hydrogen-bond acceptors (Lipinski definition) is 3. The van der Waals surface area contributed by atoms with Crippen LogP contribution in [0.15, 0.2) is 24.3 Å². The fourth-order valence-corrected chi connectivity index (χ4v) is 1.26. The predicted molar refractivity (Wildman–Crippen MR) is 60.5 cm³/mol. The van der Waals surface area contributed by atoms with E-state index in [4.69, 9.17) is 10.8 Å². The maximum absolute atomic E-state index is 11.5. The van der Waals surface area contributed by atoms with Gasteiger partial charge in [0.2, 0.25) is 5.91 Å². The lowest BCUT2D eigenvalue weighted by atomic mass is 10.2. The second-order valence-electron chi connectivity index (χ2n) is 3.34. The monoisotopic (exact) mass is 222 g/mol. The molecule has 0 aliphatic carbocycles. The second-order valence-corrected chi connectivity index (χ2v) is 3.34. The van der Waals surface area contributed by atoms with E-state index in [0.717, 1.165) is 0 Å². The van der Waals surface area contributed by atoms with Crippen molar-refractivity contribution >= 4 is 17.6 Å². The molecule has 0 spiro atoms. The molecule has 0 aliphatic heterocycles. The van der Waals surface area contributed by atoms with Crippen molar-refractivity contribution in [3.8, 4) is 0 Å². The molecular formula is C11H14N2O3. The number of aromatic carboxylic acids is 1. The van der Waals surface area contributed by atoms with Gasteiger partial charge in [0, 0.05) is 25.7 Å². The van der Waals surface area contributed by atoms with Gasteiger partial charge in [0.25, 0.3) is 0 Å². The summed E-state index contributed by atoms with van der Waals surface area (Å²) in [5, 5.41) is 8.71. The Labute approximate surface area is 93.5 Å². The summed E-state index contributed by atoms with van der Waals surface area (Å²) in [6.07, 6.45) is 0.275. The van der Waals surface area contributed by atoms with E-state index in [1.54, 1.807) is 19.2 Å². The quantitative estimate of drug-likeness (QED) is 0.785. The fraction of sp³-hybridized carbons (Fsp3) is 0.273. The van der Waals surface area contributed by atoms with Gasteiger partial charge in [-0.25, -0.2) is 4.79 Å². The van der Waals surface area contributed by atoms with Crippen LogP contribution in [-0.2, 0) is 4.79 Å². The molecule has 1 amide bonds. The molecule has 0 aromatic heterocycles. The van der Waals surface area contributed by atoms with E-state index in [0.29, 0.717) is 12.2 Å². The number of benzene rings is 1. The molecule has 3 N–H and O–H groups in total. The maximum Gasteiger partial charge on any atom is 0.335 e. The van der Waals surface area contributed by atoms with Crippen molar-refractivity contribution in [3.05, 3.63) is 29.8 Å². The van der Waals surface area contributed by atoms with Crippen LogP contribution in [0.5, 0.6) is 0 Å².